The van der Waals surface area contributed by atoms with Gasteiger partial charge in [-0.3, -0.25) is 0 Å². The van der Waals surface area contributed by atoms with E-state index in [1.807, 2.05) is 6.07 Å². The van der Waals surface area contributed by atoms with Gasteiger partial charge in [0.2, 0.25) is 0 Å². The van der Waals surface area contributed by atoms with E-state index < -0.39 is 0 Å². The summed E-state index contributed by atoms with van der Waals surface area (Å²) in [4.78, 5) is 0. The largest absolute Gasteiger partial charge is 0.385 e. The Balaban J connectivity index is 2.52. The fourth-order valence-electron chi connectivity index (χ4n) is 1.84. The van der Waals surface area contributed by atoms with Gasteiger partial charge in [-0.1, -0.05) is 24.6 Å². The Bertz CT molecular complexity index is 333. The van der Waals surface area contributed by atoms with Crippen LogP contribution in [0.5, 0.6) is 0 Å². The molecule has 1 unspecified atom stereocenters. The number of benzene rings is 1. The zero-order valence-electron chi connectivity index (χ0n) is 8.02. The predicted molar refractivity (Wildman–Crippen MR) is 57.7 cm³/mol. The molecule has 0 aromatic heterocycles. The summed E-state index contributed by atoms with van der Waals surface area (Å²) in [5.41, 5.74) is 3.80. The van der Waals surface area contributed by atoms with Crippen molar-refractivity contribution in [3.8, 4) is 0 Å². The first-order valence-electron chi connectivity index (χ1n) is 4.72. The van der Waals surface area contributed by atoms with E-state index in [2.05, 4.69) is 25.2 Å². The minimum Gasteiger partial charge on any atom is -0.385 e. The molecule has 1 aromatic rings. The molecule has 70 valence electrons. The zero-order chi connectivity index (χ0) is 9.42. The van der Waals surface area contributed by atoms with Crippen LogP contribution in [0.1, 0.15) is 30.4 Å². The molecule has 13 heavy (non-hydrogen) atoms. The van der Waals surface area contributed by atoms with Crippen molar-refractivity contribution in [3.63, 3.8) is 0 Å². The van der Waals surface area contributed by atoms with Crippen LogP contribution in [-0.4, -0.2) is 6.54 Å². The van der Waals surface area contributed by atoms with Crippen LogP contribution in [0.25, 0.3) is 0 Å². The summed E-state index contributed by atoms with van der Waals surface area (Å²) >= 11 is 6.05. The second-order valence-corrected chi connectivity index (χ2v) is 4.21. The molecule has 0 aliphatic carbocycles. The minimum absolute atomic E-state index is 0.659. The molecule has 2 heteroatoms. The van der Waals surface area contributed by atoms with Crippen LogP contribution in [0.2, 0.25) is 5.02 Å². The van der Waals surface area contributed by atoms with E-state index in [0.717, 1.165) is 11.6 Å². The van der Waals surface area contributed by atoms with Gasteiger partial charge in [0.25, 0.3) is 0 Å². The van der Waals surface area contributed by atoms with E-state index >= 15 is 0 Å². The molecular weight excluding hydrogens is 182 g/mol. The van der Waals surface area contributed by atoms with Gasteiger partial charge in [-0.25, -0.2) is 0 Å². The van der Waals surface area contributed by atoms with Gasteiger partial charge in [-0.15, -0.1) is 0 Å². The quantitative estimate of drug-likeness (QED) is 0.668. The highest BCUT2D eigenvalue weighted by Gasteiger charge is 2.16. The molecule has 1 aliphatic heterocycles. The third-order valence-electron chi connectivity index (χ3n) is 2.75. The molecule has 0 radical (unpaired) electrons. The van der Waals surface area contributed by atoms with Crippen molar-refractivity contribution in [2.24, 2.45) is 0 Å². The molecule has 1 nitrogen and oxygen atoms in total. The van der Waals surface area contributed by atoms with E-state index in [4.69, 9.17) is 11.6 Å². The normalized spacial score (nSPS) is 20.7. The molecule has 1 aromatic carbocycles. The van der Waals surface area contributed by atoms with Crippen LogP contribution in [0, 0.1) is 6.92 Å². The van der Waals surface area contributed by atoms with Crippen molar-refractivity contribution in [3.05, 3.63) is 28.3 Å². The smallest absolute Gasteiger partial charge is 0.0455 e. The molecule has 1 atom stereocenters. The zero-order valence-corrected chi connectivity index (χ0v) is 8.78. The Morgan fingerprint density at radius 2 is 2.23 bits per heavy atom. The number of rotatable bonds is 0. The summed E-state index contributed by atoms with van der Waals surface area (Å²) in [6, 6.07) is 4.25. The standard InChI is InChI=1S/C11H14ClN/c1-7-3-4-13-11-6-10(12)8(2)5-9(7)11/h5-7,13H,3-4H2,1-2H3. The summed E-state index contributed by atoms with van der Waals surface area (Å²) in [6.07, 6.45) is 1.22. The SMILES string of the molecule is Cc1cc2c(cc1Cl)NCCC2C. The maximum absolute atomic E-state index is 6.05. The molecule has 0 amide bonds. The number of fused-ring (bicyclic) bond motifs is 1. The first-order chi connectivity index (χ1) is 6.18. The van der Waals surface area contributed by atoms with Crippen LogP contribution < -0.4 is 5.32 Å². The highest BCUT2D eigenvalue weighted by Crippen LogP contribution is 2.34. The molecule has 0 spiro atoms. The summed E-state index contributed by atoms with van der Waals surface area (Å²) in [6.45, 7) is 5.39. The lowest BCUT2D eigenvalue weighted by atomic mass is 9.91. The van der Waals surface area contributed by atoms with E-state index in [0.29, 0.717) is 5.92 Å². The fourth-order valence-corrected chi connectivity index (χ4v) is 2.01. The van der Waals surface area contributed by atoms with Crippen LogP contribution in [-0.2, 0) is 0 Å². The van der Waals surface area contributed by atoms with E-state index in [1.54, 1.807) is 0 Å². The Kier molecular flexibility index (Phi) is 2.20. The summed E-state index contributed by atoms with van der Waals surface area (Å²) in [5, 5.41) is 4.24. The average Bonchev–Trinajstić information content (AvgIpc) is 2.09. The monoisotopic (exact) mass is 195 g/mol. The summed E-state index contributed by atoms with van der Waals surface area (Å²) < 4.78 is 0. The van der Waals surface area contributed by atoms with Gasteiger partial charge in [0.05, 0.1) is 0 Å². The first kappa shape index (κ1) is 8.89. The number of halogens is 1. The molecule has 2 rings (SSSR count). The lowest BCUT2D eigenvalue weighted by Crippen LogP contribution is -2.14. The minimum atomic E-state index is 0.659. The number of anilines is 1. The summed E-state index contributed by atoms with van der Waals surface area (Å²) in [5.74, 6) is 0.659. The maximum Gasteiger partial charge on any atom is 0.0455 e. The van der Waals surface area contributed by atoms with Crippen molar-refractivity contribution in [2.75, 3.05) is 11.9 Å². The van der Waals surface area contributed by atoms with Crippen LogP contribution in [0.3, 0.4) is 0 Å². The Morgan fingerprint density at radius 1 is 1.46 bits per heavy atom. The number of hydrogen-bond donors (Lipinski definition) is 1. The Labute approximate surface area is 84.1 Å². The molecule has 0 bridgehead atoms. The van der Waals surface area contributed by atoms with Gasteiger partial charge < -0.3 is 5.32 Å². The van der Waals surface area contributed by atoms with E-state index in [1.165, 1.54) is 23.2 Å². The van der Waals surface area contributed by atoms with Gasteiger partial charge in [-0.05, 0) is 36.5 Å². The lowest BCUT2D eigenvalue weighted by Gasteiger charge is -2.24. The van der Waals surface area contributed by atoms with Crippen molar-refractivity contribution in [1.82, 2.24) is 0 Å². The van der Waals surface area contributed by atoms with Crippen LogP contribution in [0.15, 0.2) is 12.1 Å². The van der Waals surface area contributed by atoms with Gasteiger partial charge >= 0.3 is 0 Å². The average molecular weight is 196 g/mol. The van der Waals surface area contributed by atoms with Gasteiger partial charge in [0.1, 0.15) is 0 Å². The summed E-state index contributed by atoms with van der Waals surface area (Å²) in [7, 11) is 0. The fraction of sp³-hybridized carbons (Fsp3) is 0.455. The molecule has 0 fully saturated rings. The molecule has 0 saturated heterocycles. The second kappa shape index (κ2) is 3.22. The van der Waals surface area contributed by atoms with E-state index in [9.17, 15) is 0 Å². The molecule has 0 saturated carbocycles. The molecule has 1 aliphatic rings. The topological polar surface area (TPSA) is 12.0 Å². The van der Waals surface area contributed by atoms with Gasteiger partial charge in [0, 0.05) is 17.3 Å². The lowest BCUT2D eigenvalue weighted by molar-refractivity contribution is 0.683. The van der Waals surface area contributed by atoms with Gasteiger partial charge in [0.15, 0.2) is 0 Å². The number of aryl methyl sites for hydroxylation is 1. The highest BCUT2D eigenvalue weighted by molar-refractivity contribution is 6.31. The van der Waals surface area contributed by atoms with Crippen molar-refractivity contribution >= 4 is 17.3 Å². The van der Waals surface area contributed by atoms with Crippen molar-refractivity contribution in [1.29, 1.82) is 0 Å². The van der Waals surface area contributed by atoms with E-state index in [-0.39, 0.29) is 0 Å². The predicted octanol–water partition coefficient (Wildman–Crippen LogP) is 3.57. The number of hydrogen-bond acceptors (Lipinski definition) is 1. The van der Waals surface area contributed by atoms with Crippen LogP contribution >= 0.6 is 11.6 Å². The highest BCUT2D eigenvalue weighted by atomic mass is 35.5. The second-order valence-electron chi connectivity index (χ2n) is 3.81. The molecule has 1 heterocycles. The number of nitrogens with one attached hydrogen (secondary N) is 1. The Morgan fingerprint density at radius 3 is 3.00 bits per heavy atom. The first-order valence-corrected chi connectivity index (χ1v) is 5.10. The maximum atomic E-state index is 6.05. The third-order valence-corrected chi connectivity index (χ3v) is 3.16. The van der Waals surface area contributed by atoms with Gasteiger partial charge in [-0.2, -0.15) is 0 Å². The van der Waals surface area contributed by atoms with Crippen LogP contribution in [0.4, 0.5) is 5.69 Å². The molecular formula is C11H14ClN. The van der Waals surface area contributed by atoms with Crippen molar-refractivity contribution in [2.45, 2.75) is 26.2 Å². The third kappa shape index (κ3) is 1.53. The Hall–Kier alpha value is -0.690. The van der Waals surface area contributed by atoms with Crippen molar-refractivity contribution < 1.29 is 0 Å². The molecule has 1 N–H and O–H groups in total.